The number of nitrogens with two attached hydrogens (primary N) is 1. The van der Waals surface area contributed by atoms with Gasteiger partial charge in [0.05, 0.1) is 0 Å². The summed E-state index contributed by atoms with van der Waals surface area (Å²) in [5.41, 5.74) is 7.65. The average molecular weight is 203 g/mol. The second kappa shape index (κ2) is 5.32. The summed E-state index contributed by atoms with van der Waals surface area (Å²) in [5, 5.41) is 0. The maximum Gasteiger partial charge on any atom is 0.0323 e. The van der Waals surface area contributed by atoms with Crippen LogP contribution in [0.15, 0.2) is 30.3 Å². The highest BCUT2D eigenvalue weighted by Crippen LogP contribution is 2.31. The Kier molecular flexibility index (Phi) is 3.79. The Bertz CT molecular complexity index is 273. The van der Waals surface area contributed by atoms with Crippen molar-refractivity contribution in [2.24, 2.45) is 11.7 Å². The number of benzene rings is 1. The minimum Gasteiger partial charge on any atom is -0.324 e. The molecule has 2 N–H and O–H groups in total. The van der Waals surface area contributed by atoms with Crippen LogP contribution < -0.4 is 5.73 Å². The van der Waals surface area contributed by atoms with Gasteiger partial charge < -0.3 is 5.73 Å². The Morgan fingerprint density at radius 1 is 0.933 bits per heavy atom. The van der Waals surface area contributed by atoms with E-state index in [9.17, 15) is 0 Å². The third kappa shape index (κ3) is 2.82. The van der Waals surface area contributed by atoms with Gasteiger partial charge in [0, 0.05) is 6.04 Å². The molecule has 82 valence electrons. The largest absolute Gasteiger partial charge is 0.324 e. The van der Waals surface area contributed by atoms with E-state index in [1.807, 2.05) is 0 Å². The quantitative estimate of drug-likeness (QED) is 0.729. The molecule has 0 aromatic heterocycles. The van der Waals surface area contributed by atoms with Gasteiger partial charge in [-0.2, -0.15) is 0 Å². The van der Waals surface area contributed by atoms with Crippen LogP contribution in [-0.2, 0) is 0 Å². The minimum absolute atomic E-state index is 0.254. The van der Waals surface area contributed by atoms with Crippen LogP contribution in [0.4, 0.5) is 0 Å². The zero-order valence-electron chi connectivity index (χ0n) is 9.36. The highest BCUT2D eigenvalue weighted by Gasteiger charge is 2.20. The van der Waals surface area contributed by atoms with Gasteiger partial charge in [-0.1, -0.05) is 56.0 Å². The molecule has 0 amide bonds. The molecule has 0 bridgehead atoms. The molecule has 0 heterocycles. The van der Waals surface area contributed by atoms with Crippen molar-refractivity contribution in [1.29, 1.82) is 0 Å². The van der Waals surface area contributed by atoms with Crippen molar-refractivity contribution in [3.05, 3.63) is 35.9 Å². The fraction of sp³-hybridized carbons (Fsp3) is 0.571. The fourth-order valence-electron chi connectivity index (χ4n) is 2.62. The summed E-state index contributed by atoms with van der Waals surface area (Å²) in [5.74, 6) is 0.704. The second-order valence-electron chi connectivity index (χ2n) is 4.69. The molecule has 15 heavy (non-hydrogen) atoms. The van der Waals surface area contributed by atoms with Crippen LogP contribution in [0.3, 0.4) is 0 Å². The first-order valence-electron chi connectivity index (χ1n) is 6.18. The third-order valence-corrected chi connectivity index (χ3v) is 3.59. The monoisotopic (exact) mass is 203 g/mol. The average Bonchev–Trinajstić information content (AvgIpc) is 2.58. The van der Waals surface area contributed by atoms with E-state index >= 15 is 0 Å². The van der Waals surface area contributed by atoms with Gasteiger partial charge in [0.1, 0.15) is 0 Å². The molecule has 1 unspecified atom stereocenters. The minimum atomic E-state index is 0.254. The number of hydrogen-bond acceptors (Lipinski definition) is 1. The molecule has 2 rings (SSSR count). The van der Waals surface area contributed by atoms with Gasteiger partial charge >= 0.3 is 0 Å². The van der Waals surface area contributed by atoms with E-state index in [0.717, 1.165) is 0 Å². The molecule has 0 spiro atoms. The SMILES string of the molecule is NC(c1ccccc1)C1CCCCCC1. The summed E-state index contributed by atoms with van der Waals surface area (Å²) in [6.07, 6.45) is 8.17. The van der Waals surface area contributed by atoms with Crippen molar-refractivity contribution >= 4 is 0 Å². The normalized spacial score (nSPS) is 20.9. The summed E-state index contributed by atoms with van der Waals surface area (Å²) in [6, 6.07) is 10.8. The molecular weight excluding hydrogens is 182 g/mol. The van der Waals surface area contributed by atoms with Gasteiger partial charge in [-0.3, -0.25) is 0 Å². The van der Waals surface area contributed by atoms with E-state index in [0.29, 0.717) is 5.92 Å². The van der Waals surface area contributed by atoms with E-state index in [1.165, 1.54) is 44.1 Å². The standard InChI is InChI=1S/C14H21N/c15-14(13-10-6-3-7-11-13)12-8-4-1-2-5-9-12/h3,6-7,10-12,14H,1-2,4-5,8-9,15H2. The van der Waals surface area contributed by atoms with E-state index < -0.39 is 0 Å². The molecule has 0 aliphatic heterocycles. The molecule has 1 saturated carbocycles. The molecular formula is C14H21N. The first kappa shape index (κ1) is 10.7. The molecule has 1 aromatic carbocycles. The number of hydrogen-bond donors (Lipinski definition) is 1. The van der Waals surface area contributed by atoms with Gasteiger partial charge in [0.25, 0.3) is 0 Å². The van der Waals surface area contributed by atoms with Crippen LogP contribution in [0.2, 0.25) is 0 Å². The van der Waals surface area contributed by atoms with Crippen LogP contribution in [0.25, 0.3) is 0 Å². The zero-order valence-corrected chi connectivity index (χ0v) is 9.36. The van der Waals surface area contributed by atoms with Gasteiger partial charge in [-0.15, -0.1) is 0 Å². The Balaban J connectivity index is 2.03. The van der Waals surface area contributed by atoms with Gasteiger partial charge in [0.2, 0.25) is 0 Å². The summed E-state index contributed by atoms with van der Waals surface area (Å²) >= 11 is 0. The number of rotatable bonds is 2. The van der Waals surface area contributed by atoms with Crippen LogP contribution in [-0.4, -0.2) is 0 Å². The highest BCUT2D eigenvalue weighted by atomic mass is 14.7. The Morgan fingerprint density at radius 3 is 2.13 bits per heavy atom. The summed E-state index contributed by atoms with van der Waals surface area (Å²) in [4.78, 5) is 0. The summed E-state index contributed by atoms with van der Waals surface area (Å²) in [7, 11) is 0. The van der Waals surface area contributed by atoms with Crippen molar-refractivity contribution in [2.75, 3.05) is 0 Å². The lowest BCUT2D eigenvalue weighted by Crippen LogP contribution is -2.20. The Labute approximate surface area is 92.7 Å². The lowest BCUT2D eigenvalue weighted by Gasteiger charge is -2.22. The van der Waals surface area contributed by atoms with Crippen molar-refractivity contribution < 1.29 is 0 Å². The predicted octanol–water partition coefficient (Wildman–Crippen LogP) is 3.66. The predicted molar refractivity (Wildman–Crippen MR) is 64.6 cm³/mol. The first-order valence-corrected chi connectivity index (χ1v) is 6.18. The van der Waals surface area contributed by atoms with Crippen LogP contribution >= 0.6 is 0 Å². The van der Waals surface area contributed by atoms with E-state index in [4.69, 9.17) is 5.73 Å². The molecule has 1 nitrogen and oxygen atoms in total. The molecule has 1 atom stereocenters. The van der Waals surface area contributed by atoms with Crippen molar-refractivity contribution in [2.45, 2.75) is 44.6 Å². The Morgan fingerprint density at radius 2 is 1.53 bits per heavy atom. The molecule has 1 aliphatic carbocycles. The highest BCUT2D eigenvalue weighted by molar-refractivity contribution is 5.19. The topological polar surface area (TPSA) is 26.0 Å². The molecule has 1 aromatic rings. The lowest BCUT2D eigenvalue weighted by atomic mass is 9.88. The van der Waals surface area contributed by atoms with Crippen molar-refractivity contribution in [3.63, 3.8) is 0 Å². The Hall–Kier alpha value is -0.820. The second-order valence-corrected chi connectivity index (χ2v) is 4.69. The van der Waals surface area contributed by atoms with Crippen LogP contribution in [0, 0.1) is 5.92 Å². The molecule has 0 radical (unpaired) electrons. The molecule has 1 heteroatoms. The van der Waals surface area contributed by atoms with Crippen molar-refractivity contribution in [3.8, 4) is 0 Å². The zero-order chi connectivity index (χ0) is 10.5. The van der Waals surface area contributed by atoms with Gasteiger partial charge in [-0.25, -0.2) is 0 Å². The van der Waals surface area contributed by atoms with E-state index in [-0.39, 0.29) is 6.04 Å². The summed E-state index contributed by atoms with van der Waals surface area (Å²) < 4.78 is 0. The molecule has 0 saturated heterocycles. The maximum atomic E-state index is 6.34. The van der Waals surface area contributed by atoms with Crippen LogP contribution in [0.5, 0.6) is 0 Å². The lowest BCUT2D eigenvalue weighted by molar-refractivity contribution is 0.382. The maximum absolute atomic E-state index is 6.34. The smallest absolute Gasteiger partial charge is 0.0323 e. The first-order chi connectivity index (χ1) is 7.38. The third-order valence-electron chi connectivity index (χ3n) is 3.59. The molecule has 1 fully saturated rings. The van der Waals surface area contributed by atoms with Crippen molar-refractivity contribution in [1.82, 2.24) is 0 Å². The summed E-state index contributed by atoms with van der Waals surface area (Å²) in [6.45, 7) is 0. The van der Waals surface area contributed by atoms with E-state index in [1.54, 1.807) is 0 Å². The molecule has 1 aliphatic rings. The van der Waals surface area contributed by atoms with Gasteiger partial charge in [0.15, 0.2) is 0 Å². The fourth-order valence-corrected chi connectivity index (χ4v) is 2.62. The van der Waals surface area contributed by atoms with Crippen LogP contribution in [0.1, 0.15) is 50.1 Å². The van der Waals surface area contributed by atoms with Gasteiger partial charge in [-0.05, 0) is 24.3 Å². The van der Waals surface area contributed by atoms with E-state index in [2.05, 4.69) is 30.3 Å².